The molecule has 1 atom stereocenters. The summed E-state index contributed by atoms with van der Waals surface area (Å²) in [6, 6.07) is 0. The Labute approximate surface area is 118 Å². The highest BCUT2D eigenvalue weighted by Gasteiger charge is 2.30. The lowest BCUT2D eigenvalue weighted by molar-refractivity contribution is 0.119. The molecule has 0 aliphatic rings. The average molecular weight is 318 g/mol. The summed E-state index contributed by atoms with van der Waals surface area (Å²) in [5.74, 6) is 0. The van der Waals surface area contributed by atoms with Gasteiger partial charge in [-0.25, -0.2) is 0 Å². The number of rotatable bonds is 7. The largest absolute Gasteiger partial charge is 0.396 e. The number of aryl methyl sites for hydroxylation is 2. The van der Waals surface area contributed by atoms with Gasteiger partial charge in [0.05, 0.1) is 22.5 Å². The van der Waals surface area contributed by atoms with Crippen LogP contribution in [0.4, 0.5) is 0 Å². The first-order valence-electron chi connectivity index (χ1n) is 6.54. The highest BCUT2D eigenvalue weighted by atomic mass is 79.9. The van der Waals surface area contributed by atoms with Gasteiger partial charge in [-0.15, -0.1) is 0 Å². The predicted octanol–water partition coefficient (Wildman–Crippen LogP) is 2.02. The van der Waals surface area contributed by atoms with Gasteiger partial charge < -0.3 is 10.8 Å². The Balaban J connectivity index is 3.04. The van der Waals surface area contributed by atoms with E-state index in [9.17, 15) is 5.11 Å². The Kier molecular flexibility index (Phi) is 5.82. The molecule has 0 bridgehead atoms. The molecule has 0 aliphatic carbocycles. The molecule has 1 heterocycles. The maximum Gasteiger partial charge on any atom is 0.0766 e. The summed E-state index contributed by atoms with van der Waals surface area (Å²) in [6.45, 7) is 4.83. The molecule has 18 heavy (non-hydrogen) atoms. The number of nitrogens with zero attached hydrogens (tertiary/aromatic N) is 2. The molecule has 3 N–H and O–H groups in total. The second kappa shape index (κ2) is 6.68. The number of aliphatic hydroxyl groups is 1. The van der Waals surface area contributed by atoms with E-state index in [1.807, 2.05) is 11.7 Å². The van der Waals surface area contributed by atoms with Gasteiger partial charge in [0.25, 0.3) is 0 Å². The Hall–Kier alpha value is -0.390. The molecule has 0 fully saturated rings. The third-order valence-electron chi connectivity index (χ3n) is 3.59. The Morgan fingerprint density at radius 3 is 2.50 bits per heavy atom. The topological polar surface area (TPSA) is 64.1 Å². The lowest BCUT2D eigenvalue weighted by Gasteiger charge is -2.30. The van der Waals surface area contributed by atoms with Gasteiger partial charge in [0.1, 0.15) is 0 Å². The number of aromatic nitrogens is 2. The number of hydrogen-bond acceptors (Lipinski definition) is 3. The maximum absolute atomic E-state index is 9.69. The van der Waals surface area contributed by atoms with Crippen LogP contribution in [0.5, 0.6) is 0 Å². The summed E-state index contributed by atoms with van der Waals surface area (Å²) in [4.78, 5) is 0. The standard InChI is InChI=1S/C13H24BrN3O/c1-4-6-13(8-15,9-18)7-11-12(14)10(5-2)16-17(11)3/h18H,4-9,15H2,1-3H3. The van der Waals surface area contributed by atoms with Crippen LogP contribution in [0.3, 0.4) is 0 Å². The van der Waals surface area contributed by atoms with Crippen molar-refractivity contribution in [2.45, 2.75) is 39.5 Å². The summed E-state index contributed by atoms with van der Waals surface area (Å²) in [7, 11) is 1.95. The lowest BCUT2D eigenvalue weighted by atomic mass is 9.80. The second-order valence-electron chi connectivity index (χ2n) is 4.97. The second-order valence-corrected chi connectivity index (χ2v) is 5.77. The van der Waals surface area contributed by atoms with Gasteiger partial charge in [0, 0.05) is 19.0 Å². The highest BCUT2D eigenvalue weighted by Crippen LogP contribution is 2.31. The van der Waals surface area contributed by atoms with E-state index in [4.69, 9.17) is 5.73 Å². The average Bonchev–Trinajstić information content (AvgIpc) is 2.65. The van der Waals surface area contributed by atoms with Crippen molar-refractivity contribution in [3.8, 4) is 0 Å². The summed E-state index contributed by atoms with van der Waals surface area (Å²) in [5, 5.41) is 14.2. The molecule has 0 aromatic carbocycles. The summed E-state index contributed by atoms with van der Waals surface area (Å²) >= 11 is 3.62. The van der Waals surface area contributed by atoms with Crippen LogP contribution in [0.25, 0.3) is 0 Å². The van der Waals surface area contributed by atoms with Crippen LogP contribution in [0.15, 0.2) is 4.47 Å². The summed E-state index contributed by atoms with van der Waals surface area (Å²) < 4.78 is 2.97. The minimum atomic E-state index is -0.226. The van der Waals surface area contributed by atoms with Crippen LogP contribution in [0.1, 0.15) is 38.1 Å². The normalized spacial score (nSPS) is 14.8. The van der Waals surface area contributed by atoms with Crippen molar-refractivity contribution in [3.05, 3.63) is 15.9 Å². The number of nitrogens with two attached hydrogens (primary N) is 1. The molecule has 0 amide bonds. The minimum absolute atomic E-state index is 0.121. The monoisotopic (exact) mass is 317 g/mol. The Bertz CT molecular complexity index is 386. The summed E-state index contributed by atoms with van der Waals surface area (Å²) in [5.41, 5.74) is 7.85. The molecule has 1 aromatic heterocycles. The van der Waals surface area contributed by atoms with Crippen molar-refractivity contribution in [3.63, 3.8) is 0 Å². The first-order chi connectivity index (χ1) is 8.53. The number of aliphatic hydroxyl groups excluding tert-OH is 1. The zero-order valence-corrected chi connectivity index (χ0v) is 13.1. The van der Waals surface area contributed by atoms with Crippen molar-refractivity contribution >= 4 is 15.9 Å². The molecular formula is C13H24BrN3O. The number of hydrogen-bond donors (Lipinski definition) is 2. The molecule has 1 aromatic rings. The van der Waals surface area contributed by atoms with Crippen molar-refractivity contribution in [1.82, 2.24) is 9.78 Å². The molecule has 0 saturated heterocycles. The third kappa shape index (κ3) is 3.13. The zero-order chi connectivity index (χ0) is 13.8. The van der Waals surface area contributed by atoms with Gasteiger partial charge in [-0.05, 0) is 35.2 Å². The predicted molar refractivity (Wildman–Crippen MR) is 77.5 cm³/mol. The molecule has 0 aliphatic heterocycles. The molecule has 0 spiro atoms. The van der Waals surface area contributed by atoms with E-state index < -0.39 is 0 Å². The van der Waals surface area contributed by atoms with Crippen LogP contribution in [-0.4, -0.2) is 28.0 Å². The lowest BCUT2D eigenvalue weighted by Crippen LogP contribution is -2.37. The first-order valence-corrected chi connectivity index (χ1v) is 7.34. The Morgan fingerprint density at radius 2 is 2.11 bits per heavy atom. The molecule has 0 radical (unpaired) electrons. The van der Waals surface area contributed by atoms with Crippen molar-refractivity contribution in [1.29, 1.82) is 0 Å². The Morgan fingerprint density at radius 1 is 1.44 bits per heavy atom. The van der Waals surface area contributed by atoms with E-state index in [0.717, 1.165) is 41.5 Å². The van der Waals surface area contributed by atoms with Crippen LogP contribution in [-0.2, 0) is 19.9 Å². The first kappa shape index (κ1) is 15.7. The van der Waals surface area contributed by atoms with Crippen LogP contribution in [0, 0.1) is 5.41 Å². The SMILES string of the molecule is CCCC(CN)(CO)Cc1c(Br)c(CC)nn1C. The highest BCUT2D eigenvalue weighted by molar-refractivity contribution is 9.10. The van der Waals surface area contributed by atoms with E-state index in [0.29, 0.717) is 6.54 Å². The van der Waals surface area contributed by atoms with Gasteiger partial charge in [-0.1, -0.05) is 20.3 Å². The van der Waals surface area contributed by atoms with Crippen molar-refractivity contribution in [2.24, 2.45) is 18.2 Å². The maximum atomic E-state index is 9.69. The van der Waals surface area contributed by atoms with E-state index in [-0.39, 0.29) is 12.0 Å². The van der Waals surface area contributed by atoms with Gasteiger partial charge in [0.2, 0.25) is 0 Å². The summed E-state index contributed by atoms with van der Waals surface area (Å²) in [6.07, 6.45) is 3.61. The van der Waals surface area contributed by atoms with Crippen LogP contribution < -0.4 is 5.73 Å². The van der Waals surface area contributed by atoms with Gasteiger partial charge in [0.15, 0.2) is 0 Å². The van der Waals surface area contributed by atoms with E-state index in [1.54, 1.807) is 0 Å². The smallest absolute Gasteiger partial charge is 0.0766 e. The number of halogens is 1. The van der Waals surface area contributed by atoms with Gasteiger partial charge in [-0.2, -0.15) is 5.10 Å². The van der Waals surface area contributed by atoms with Crippen molar-refractivity contribution in [2.75, 3.05) is 13.2 Å². The molecule has 1 rings (SSSR count). The van der Waals surface area contributed by atoms with Crippen LogP contribution in [0.2, 0.25) is 0 Å². The third-order valence-corrected chi connectivity index (χ3v) is 4.51. The fourth-order valence-electron chi connectivity index (χ4n) is 2.36. The van der Waals surface area contributed by atoms with Crippen molar-refractivity contribution < 1.29 is 5.11 Å². The minimum Gasteiger partial charge on any atom is -0.396 e. The quantitative estimate of drug-likeness (QED) is 0.808. The molecule has 0 saturated carbocycles. The molecule has 4 nitrogen and oxygen atoms in total. The van der Waals surface area contributed by atoms with E-state index in [2.05, 4.69) is 34.9 Å². The molecule has 1 unspecified atom stereocenters. The van der Waals surface area contributed by atoms with Gasteiger partial charge in [-0.3, -0.25) is 4.68 Å². The van der Waals surface area contributed by atoms with Gasteiger partial charge >= 0.3 is 0 Å². The molecule has 104 valence electrons. The molecular weight excluding hydrogens is 294 g/mol. The van der Waals surface area contributed by atoms with E-state index >= 15 is 0 Å². The zero-order valence-electron chi connectivity index (χ0n) is 11.5. The van der Waals surface area contributed by atoms with Crippen LogP contribution >= 0.6 is 15.9 Å². The fraction of sp³-hybridized carbons (Fsp3) is 0.769. The molecule has 5 heteroatoms. The van der Waals surface area contributed by atoms with E-state index in [1.165, 1.54) is 0 Å². The fourth-order valence-corrected chi connectivity index (χ4v) is 3.12.